The van der Waals surface area contributed by atoms with Crippen LogP contribution in [-0.2, 0) is 21.4 Å². The zero-order valence-corrected chi connectivity index (χ0v) is 20.2. The fourth-order valence-electron chi connectivity index (χ4n) is 3.66. The van der Waals surface area contributed by atoms with Gasteiger partial charge in [0.05, 0.1) is 24.2 Å². The maximum Gasteiger partial charge on any atom is 0.243 e. The summed E-state index contributed by atoms with van der Waals surface area (Å²) in [5.74, 6) is 0.615. The van der Waals surface area contributed by atoms with Gasteiger partial charge in [-0.25, -0.2) is 13.4 Å². The molecule has 2 heterocycles. The van der Waals surface area contributed by atoms with E-state index >= 15 is 0 Å². The number of carbonyl (C=O) groups is 1. The molecule has 3 aromatic rings. The number of carbonyl (C=O) groups excluding carboxylic acids is 1. The standard InChI is InChI=1S/C23H26N4O4S2/c1-17(28)24-19-5-9-21(10-6-19)33(29,30)27-13-11-26(12-14-27)15-23-25-22(16-32-23)18-3-7-20(31-2)8-4-18/h3-10,16H,11-15H2,1-2H3,(H,24,28). The van der Waals surface area contributed by atoms with Gasteiger partial charge in [-0.05, 0) is 48.5 Å². The van der Waals surface area contributed by atoms with Crippen LogP contribution in [-0.4, -0.2) is 61.8 Å². The van der Waals surface area contributed by atoms with E-state index in [0.717, 1.165) is 22.0 Å². The Hall–Kier alpha value is -2.79. The molecule has 1 saturated heterocycles. The number of methoxy groups -OCH3 is 1. The molecule has 10 heteroatoms. The summed E-state index contributed by atoms with van der Waals surface area (Å²) in [5, 5.41) is 5.69. The third kappa shape index (κ3) is 5.59. The minimum absolute atomic E-state index is 0.196. The molecule has 4 rings (SSSR count). The average molecular weight is 487 g/mol. The quantitative estimate of drug-likeness (QED) is 0.551. The monoisotopic (exact) mass is 486 g/mol. The smallest absolute Gasteiger partial charge is 0.243 e. The zero-order valence-electron chi connectivity index (χ0n) is 18.5. The van der Waals surface area contributed by atoms with Crippen molar-refractivity contribution in [1.29, 1.82) is 0 Å². The van der Waals surface area contributed by atoms with Gasteiger partial charge in [0, 0.05) is 49.7 Å². The van der Waals surface area contributed by atoms with Crippen LogP contribution in [0.25, 0.3) is 11.3 Å². The molecule has 0 bridgehead atoms. The van der Waals surface area contributed by atoms with Crippen LogP contribution < -0.4 is 10.1 Å². The largest absolute Gasteiger partial charge is 0.497 e. The lowest BCUT2D eigenvalue weighted by Crippen LogP contribution is -2.48. The molecule has 0 spiro atoms. The van der Waals surface area contributed by atoms with Crippen LogP contribution in [0.4, 0.5) is 5.69 Å². The summed E-state index contributed by atoms with van der Waals surface area (Å²) in [6.45, 7) is 4.23. The number of thiazole rings is 1. The van der Waals surface area contributed by atoms with Gasteiger partial charge in [-0.1, -0.05) is 0 Å². The van der Waals surface area contributed by atoms with Gasteiger partial charge in [-0.3, -0.25) is 9.69 Å². The summed E-state index contributed by atoms with van der Waals surface area (Å²) in [6.07, 6.45) is 0. The fourth-order valence-corrected chi connectivity index (χ4v) is 5.93. The molecular weight excluding hydrogens is 460 g/mol. The number of aromatic nitrogens is 1. The number of benzene rings is 2. The number of nitrogens with one attached hydrogen (secondary N) is 1. The Labute approximate surface area is 197 Å². The SMILES string of the molecule is COc1ccc(-c2csc(CN3CCN(S(=O)(=O)c4ccc(NC(C)=O)cc4)CC3)n2)cc1. The number of ether oxygens (including phenoxy) is 1. The highest BCUT2D eigenvalue weighted by Crippen LogP contribution is 2.26. The Balaban J connectivity index is 1.34. The molecule has 1 aliphatic heterocycles. The van der Waals surface area contributed by atoms with E-state index < -0.39 is 10.0 Å². The van der Waals surface area contributed by atoms with E-state index in [-0.39, 0.29) is 10.8 Å². The molecule has 1 amide bonds. The van der Waals surface area contributed by atoms with Gasteiger partial charge >= 0.3 is 0 Å². The second kappa shape index (κ2) is 10.0. The minimum Gasteiger partial charge on any atom is -0.497 e. The number of nitrogens with zero attached hydrogens (tertiary/aromatic N) is 3. The van der Waals surface area contributed by atoms with Crippen LogP contribution in [0.15, 0.2) is 58.8 Å². The van der Waals surface area contributed by atoms with Crippen molar-refractivity contribution in [3.63, 3.8) is 0 Å². The highest BCUT2D eigenvalue weighted by Gasteiger charge is 2.28. The Morgan fingerprint density at radius 1 is 1.06 bits per heavy atom. The maximum absolute atomic E-state index is 13.0. The third-order valence-corrected chi connectivity index (χ3v) is 8.19. The van der Waals surface area contributed by atoms with Gasteiger partial charge in [0.2, 0.25) is 15.9 Å². The molecule has 1 N–H and O–H groups in total. The van der Waals surface area contributed by atoms with E-state index in [1.165, 1.54) is 23.4 Å². The fraction of sp³-hybridized carbons (Fsp3) is 0.304. The van der Waals surface area contributed by atoms with Gasteiger partial charge in [0.1, 0.15) is 10.8 Å². The van der Waals surface area contributed by atoms with E-state index in [0.29, 0.717) is 38.4 Å². The second-order valence-electron chi connectivity index (χ2n) is 7.74. The number of hydrogen-bond donors (Lipinski definition) is 1. The first-order valence-electron chi connectivity index (χ1n) is 10.5. The van der Waals surface area contributed by atoms with Gasteiger partial charge < -0.3 is 10.1 Å². The van der Waals surface area contributed by atoms with Crippen molar-refractivity contribution in [3.8, 4) is 17.0 Å². The van der Waals surface area contributed by atoms with Crippen molar-refractivity contribution >= 4 is 33.0 Å². The first-order valence-corrected chi connectivity index (χ1v) is 12.9. The molecule has 1 fully saturated rings. The molecule has 8 nitrogen and oxygen atoms in total. The second-order valence-corrected chi connectivity index (χ2v) is 10.6. The predicted molar refractivity (Wildman–Crippen MR) is 129 cm³/mol. The zero-order chi connectivity index (χ0) is 23.4. The molecular formula is C23H26N4O4S2. The number of piperazine rings is 1. The van der Waals surface area contributed by atoms with E-state index in [4.69, 9.17) is 9.72 Å². The van der Waals surface area contributed by atoms with Crippen LogP contribution in [0, 0.1) is 0 Å². The van der Waals surface area contributed by atoms with Crippen molar-refractivity contribution in [1.82, 2.24) is 14.2 Å². The predicted octanol–water partition coefficient (Wildman–Crippen LogP) is 3.28. The van der Waals surface area contributed by atoms with Crippen LogP contribution >= 0.6 is 11.3 Å². The lowest BCUT2D eigenvalue weighted by Gasteiger charge is -2.33. The van der Waals surface area contributed by atoms with E-state index in [9.17, 15) is 13.2 Å². The van der Waals surface area contributed by atoms with Gasteiger partial charge in [0.25, 0.3) is 0 Å². The minimum atomic E-state index is -3.57. The van der Waals surface area contributed by atoms with E-state index in [2.05, 4.69) is 10.2 Å². The molecule has 0 radical (unpaired) electrons. The van der Waals surface area contributed by atoms with Crippen molar-refractivity contribution in [2.24, 2.45) is 0 Å². The molecule has 1 aromatic heterocycles. The number of rotatable bonds is 7. The maximum atomic E-state index is 13.0. The highest BCUT2D eigenvalue weighted by atomic mass is 32.2. The molecule has 0 unspecified atom stereocenters. The van der Waals surface area contributed by atoms with Gasteiger partial charge in [0.15, 0.2) is 0 Å². The van der Waals surface area contributed by atoms with Crippen molar-refractivity contribution in [3.05, 3.63) is 58.9 Å². The molecule has 0 saturated carbocycles. The summed E-state index contributed by atoms with van der Waals surface area (Å²) >= 11 is 1.61. The Morgan fingerprint density at radius 2 is 1.73 bits per heavy atom. The summed E-state index contributed by atoms with van der Waals surface area (Å²) < 4.78 is 32.7. The van der Waals surface area contributed by atoms with Crippen molar-refractivity contribution in [2.45, 2.75) is 18.4 Å². The van der Waals surface area contributed by atoms with Gasteiger partial charge in [-0.15, -0.1) is 11.3 Å². The summed E-state index contributed by atoms with van der Waals surface area (Å²) in [4.78, 5) is 18.4. The lowest BCUT2D eigenvalue weighted by atomic mass is 10.2. The number of amides is 1. The summed E-state index contributed by atoms with van der Waals surface area (Å²) in [7, 11) is -1.93. The van der Waals surface area contributed by atoms with Crippen LogP contribution in [0.2, 0.25) is 0 Å². The number of hydrogen-bond acceptors (Lipinski definition) is 7. The Kier molecular flexibility index (Phi) is 7.08. The van der Waals surface area contributed by atoms with Crippen LogP contribution in [0.3, 0.4) is 0 Å². The summed E-state index contributed by atoms with van der Waals surface area (Å²) in [6, 6.07) is 14.1. The van der Waals surface area contributed by atoms with Crippen molar-refractivity contribution in [2.75, 3.05) is 38.6 Å². The van der Waals surface area contributed by atoms with Crippen LogP contribution in [0.1, 0.15) is 11.9 Å². The molecule has 0 atom stereocenters. The molecule has 1 aliphatic rings. The lowest BCUT2D eigenvalue weighted by molar-refractivity contribution is -0.114. The summed E-state index contributed by atoms with van der Waals surface area (Å²) in [5.41, 5.74) is 2.55. The normalized spacial score (nSPS) is 15.3. The van der Waals surface area contributed by atoms with Crippen LogP contribution in [0.5, 0.6) is 5.75 Å². The molecule has 174 valence electrons. The molecule has 2 aromatic carbocycles. The van der Waals surface area contributed by atoms with Gasteiger partial charge in [-0.2, -0.15) is 4.31 Å². The number of anilines is 1. The highest BCUT2D eigenvalue weighted by molar-refractivity contribution is 7.89. The Morgan fingerprint density at radius 3 is 2.33 bits per heavy atom. The third-order valence-electron chi connectivity index (χ3n) is 5.44. The molecule has 0 aliphatic carbocycles. The van der Waals surface area contributed by atoms with Crippen molar-refractivity contribution < 1.29 is 17.9 Å². The number of sulfonamides is 1. The first kappa shape index (κ1) is 23.4. The first-order chi connectivity index (χ1) is 15.8. The topological polar surface area (TPSA) is 91.8 Å². The van der Waals surface area contributed by atoms with E-state index in [1.807, 2.05) is 29.6 Å². The van der Waals surface area contributed by atoms with E-state index in [1.54, 1.807) is 30.6 Å². The molecule has 33 heavy (non-hydrogen) atoms. The Bertz CT molecular complexity index is 1200. The average Bonchev–Trinajstić information content (AvgIpc) is 3.28.